The van der Waals surface area contributed by atoms with Crippen molar-refractivity contribution < 1.29 is 0 Å². The predicted octanol–water partition coefficient (Wildman–Crippen LogP) is 0.608. The molecular formula is C20H30N8. The van der Waals surface area contributed by atoms with E-state index in [1.807, 2.05) is 56.3 Å². The molecule has 0 saturated carbocycles. The summed E-state index contributed by atoms with van der Waals surface area (Å²) in [5, 5.41) is 22.9. The monoisotopic (exact) mass is 382 g/mol. The maximum atomic E-state index is 8.74. The van der Waals surface area contributed by atoms with Crippen molar-refractivity contribution in [1.29, 1.82) is 5.41 Å². The van der Waals surface area contributed by atoms with E-state index in [0.29, 0.717) is 29.2 Å². The van der Waals surface area contributed by atoms with Gasteiger partial charge in [-0.25, -0.2) is 0 Å². The molecule has 2 heterocycles. The number of piperazine rings is 1. The zero-order valence-corrected chi connectivity index (χ0v) is 16.8. The molecule has 1 aliphatic rings. The standard InChI is InChI=1S/C20H30N8/c1-23-12-15(13-24-2)14-4-5-17(21)16(10-14)20(22)18-11-19(27(3)26-18)28-8-6-25-7-9-28/h4-5,10-12,22-25H,6-9,13,21H2,1-3H3/b15-12+,22-20?. The molecule has 0 bridgehead atoms. The smallest absolute Gasteiger partial charge is 0.127 e. The Hall–Kier alpha value is -2.84. The van der Waals surface area contributed by atoms with Crippen LogP contribution in [0.25, 0.3) is 5.57 Å². The molecule has 150 valence electrons. The van der Waals surface area contributed by atoms with Gasteiger partial charge >= 0.3 is 0 Å². The Balaban J connectivity index is 1.92. The molecule has 1 saturated heterocycles. The van der Waals surface area contributed by atoms with Gasteiger partial charge in [-0.15, -0.1) is 0 Å². The van der Waals surface area contributed by atoms with Crippen molar-refractivity contribution in [3.8, 4) is 0 Å². The minimum Gasteiger partial charge on any atom is -0.398 e. The number of rotatable bonds is 7. The average molecular weight is 383 g/mol. The molecule has 0 unspecified atom stereocenters. The number of nitrogen functional groups attached to an aromatic ring is 1. The van der Waals surface area contributed by atoms with Crippen molar-refractivity contribution >= 4 is 22.8 Å². The van der Waals surface area contributed by atoms with Crippen LogP contribution in [0.2, 0.25) is 0 Å². The van der Waals surface area contributed by atoms with E-state index >= 15 is 0 Å². The summed E-state index contributed by atoms with van der Waals surface area (Å²) in [4.78, 5) is 2.29. The molecule has 1 aromatic heterocycles. The second kappa shape index (κ2) is 8.90. The van der Waals surface area contributed by atoms with E-state index in [4.69, 9.17) is 11.1 Å². The largest absolute Gasteiger partial charge is 0.398 e. The highest BCUT2D eigenvalue weighted by Crippen LogP contribution is 2.24. The third-order valence-electron chi connectivity index (χ3n) is 4.93. The number of nitrogens with zero attached hydrogens (tertiary/aromatic N) is 3. The summed E-state index contributed by atoms with van der Waals surface area (Å²) in [6.45, 7) is 4.50. The maximum absolute atomic E-state index is 8.74. The first-order valence-electron chi connectivity index (χ1n) is 9.55. The van der Waals surface area contributed by atoms with Gasteiger partial charge in [0, 0.05) is 70.3 Å². The molecule has 0 spiro atoms. The van der Waals surface area contributed by atoms with Crippen LogP contribution in [0.3, 0.4) is 0 Å². The number of benzene rings is 1. The Morgan fingerprint density at radius 3 is 2.71 bits per heavy atom. The van der Waals surface area contributed by atoms with E-state index < -0.39 is 0 Å². The summed E-state index contributed by atoms with van der Waals surface area (Å²) in [6.07, 6.45) is 1.96. The summed E-state index contributed by atoms with van der Waals surface area (Å²) >= 11 is 0. The maximum Gasteiger partial charge on any atom is 0.127 e. The highest BCUT2D eigenvalue weighted by molar-refractivity contribution is 6.13. The fraction of sp³-hybridized carbons (Fsp3) is 0.400. The van der Waals surface area contributed by atoms with E-state index in [1.54, 1.807) is 0 Å². The van der Waals surface area contributed by atoms with E-state index in [1.165, 1.54) is 0 Å². The second-order valence-electron chi connectivity index (χ2n) is 6.91. The van der Waals surface area contributed by atoms with E-state index in [9.17, 15) is 0 Å². The molecule has 8 heteroatoms. The first-order chi connectivity index (χ1) is 13.5. The van der Waals surface area contributed by atoms with Gasteiger partial charge in [0.2, 0.25) is 0 Å². The Kier molecular flexibility index (Phi) is 6.33. The van der Waals surface area contributed by atoms with E-state index in [-0.39, 0.29) is 0 Å². The van der Waals surface area contributed by atoms with Crippen LogP contribution in [0, 0.1) is 5.41 Å². The molecule has 0 aliphatic carbocycles. The molecule has 8 nitrogen and oxygen atoms in total. The number of aromatic nitrogens is 2. The number of hydrogen-bond acceptors (Lipinski definition) is 7. The van der Waals surface area contributed by atoms with Crippen LogP contribution in [-0.4, -0.2) is 62.3 Å². The lowest BCUT2D eigenvalue weighted by atomic mass is 9.98. The first kappa shape index (κ1) is 19.9. The summed E-state index contributed by atoms with van der Waals surface area (Å²) in [6, 6.07) is 7.80. The highest BCUT2D eigenvalue weighted by Gasteiger charge is 2.19. The number of nitrogens with two attached hydrogens (primary N) is 1. The fourth-order valence-corrected chi connectivity index (χ4v) is 3.48. The lowest BCUT2D eigenvalue weighted by Gasteiger charge is -2.28. The number of likely N-dealkylation sites (N-methyl/N-ethyl adjacent to an activating group) is 1. The topological polar surface area (TPSA) is 107 Å². The minimum atomic E-state index is 0.338. The van der Waals surface area contributed by atoms with Crippen LogP contribution in [0.5, 0.6) is 0 Å². The highest BCUT2D eigenvalue weighted by atomic mass is 15.4. The fourth-order valence-electron chi connectivity index (χ4n) is 3.48. The lowest BCUT2D eigenvalue weighted by molar-refractivity contribution is 0.572. The summed E-state index contributed by atoms with van der Waals surface area (Å²) < 4.78 is 1.85. The number of nitrogens with one attached hydrogen (secondary N) is 4. The van der Waals surface area contributed by atoms with Crippen LogP contribution < -0.4 is 26.6 Å². The second-order valence-corrected chi connectivity index (χ2v) is 6.91. The van der Waals surface area contributed by atoms with Crippen molar-refractivity contribution in [2.75, 3.05) is 57.5 Å². The van der Waals surface area contributed by atoms with Crippen LogP contribution in [-0.2, 0) is 7.05 Å². The predicted molar refractivity (Wildman–Crippen MR) is 116 cm³/mol. The number of aryl methyl sites for hydroxylation is 1. The Morgan fingerprint density at radius 1 is 1.29 bits per heavy atom. The van der Waals surface area contributed by atoms with Crippen molar-refractivity contribution in [3.05, 3.63) is 47.3 Å². The number of hydrogen-bond donors (Lipinski definition) is 5. The molecular weight excluding hydrogens is 352 g/mol. The van der Waals surface area contributed by atoms with E-state index in [2.05, 4.69) is 25.9 Å². The average Bonchev–Trinajstić information content (AvgIpc) is 3.10. The van der Waals surface area contributed by atoms with Gasteiger partial charge in [0.05, 0.1) is 5.71 Å². The third kappa shape index (κ3) is 4.18. The summed E-state index contributed by atoms with van der Waals surface area (Å²) in [5.74, 6) is 1.03. The molecule has 28 heavy (non-hydrogen) atoms. The lowest BCUT2D eigenvalue weighted by Crippen LogP contribution is -2.44. The molecule has 0 atom stereocenters. The van der Waals surface area contributed by atoms with Gasteiger partial charge in [-0.3, -0.25) is 10.1 Å². The quantitative estimate of drug-likeness (QED) is 0.355. The number of anilines is 2. The Labute approximate surface area is 166 Å². The summed E-state index contributed by atoms with van der Waals surface area (Å²) in [5.41, 5.74) is 10.6. The van der Waals surface area contributed by atoms with Crippen molar-refractivity contribution in [2.24, 2.45) is 7.05 Å². The van der Waals surface area contributed by atoms with Crippen LogP contribution >= 0.6 is 0 Å². The molecule has 2 aromatic rings. The summed E-state index contributed by atoms with van der Waals surface area (Å²) in [7, 11) is 5.71. The van der Waals surface area contributed by atoms with Crippen molar-refractivity contribution in [3.63, 3.8) is 0 Å². The van der Waals surface area contributed by atoms with Gasteiger partial charge in [0.25, 0.3) is 0 Å². The van der Waals surface area contributed by atoms with Gasteiger partial charge in [0.1, 0.15) is 11.5 Å². The van der Waals surface area contributed by atoms with Crippen LogP contribution in [0.4, 0.5) is 11.5 Å². The van der Waals surface area contributed by atoms with Crippen molar-refractivity contribution in [1.82, 2.24) is 25.7 Å². The molecule has 1 fully saturated rings. The molecule has 0 radical (unpaired) electrons. The molecule has 1 aliphatic heterocycles. The molecule has 1 aromatic carbocycles. The zero-order chi connectivity index (χ0) is 20.1. The molecule has 3 rings (SSSR count). The van der Waals surface area contributed by atoms with Gasteiger partial charge < -0.3 is 26.6 Å². The Bertz CT molecular complexity index is 861. The SMILES string of the molecule is CN/C=C(\CNC)c1ccc(N)c(C(=N)c2cc(N3CCNCC3)n(C)n2)c1. The van der Waals surface area contributed by atoms with Gasteiger partial charge in [-0.2, -0.15) is 5.10 Å². The Morgan fingerprint density at radius 2 is 2.04 bits per heavy atom. The van der Waals surface area contributed by atoms with Crippen LogP contribution in [0.1, 0.15) is 16.8 Å². The third-order valence-corrected chi connectivity index (χ3v) is 4.93. The zero-order valence-electron chi connectivity index (χ0n) is 16.8. The van der Waals surface area contributed by atoms with Crippen LogP contribution in [0.15, 0.2) is 30.5 Å². The normalized spacial score (nSPS) is 15.0. The molecule has 6 N–H and O–H groups in total. The van der Waals surface area contributed by atoms with Crippen molar-refractivity contribution in [2.45, 2.75) is 0 Å². The van der Waals surface area contributed by atoms with Gasteiger partial charge in [-0.05, 0) is 30.3 Å². The van der Waals surface area contributed by atoms with E-state index in [0.717, 1.165) is 43.1 Å². The minimum absolute atomic E-state index is 0.338. The first-order valence-corrected chi connectivity index (χ1v) is 9.55. The van der Waals surface area contributed by atoms with Gasteiger partial charge in [-0.1, -0.05) is 6.07 Å². The molecule has 0 amide bonds. The van der Waals surface area contributed by atoms with Gasteiger partial charge in [0.15, 0.2) is 0 Å².